The van der Waals surface area contributed by atoms with Crippen molar-refractivity contribution >= 4 is 23.0 Å². The minimum absolute atomic E-state index is 1.08. The third-order valence-electron chi connectivity index (χ3n) is 1.82. The normalized spacial score (nSPS) is 25.1. The minimum atomic E-state index is 1.08. The van der Waals surface area contributed by atoms with Gasteiger partial charge in [-0.25, -0.2) is 0 Å². The molecule has 1 aliphatic carbocycles. The maximum absolute atomic E-state index is 2.04. The summed E-state index contributed by atoms with van der Waals surface area (Å²) in [6.45, 7) is 0. The Labute approximate surface area is 65.5 Å². The van der Waals surface area contributed by atoms with Crippen LogP contribution in [0.15, 0.2) is 0 Å². The van der Waals surface area contributed by atoms with E-state index in [0.717, 1.165) is 3.86 Å². The second-order valence-electron chi connectivity index (χ2n) is 2.65. The predicted molar refractivity (Wildman–Crippen MR) is 37.2 cm³/mol. The van der Waals surface area contributed by atoms with Gasteiger partial charge in [0.25, 0.3) is 0 Å². The van der Waals surface area contributed by atoms with E-state index in [1.807, 2.05) is 23.0 Å². The summed E-state index contributed by atoms with van der Waals surface area (Å²) in [5, 5.41) is 0. The summed E-state index contributed by atoms with van der Waals surface area (Å²) < 4.78 is 1.08. The monoisotopic (exact) mass is 218 g/mol. The Morgan fingerprint density at radius 2 is 1.38 bits per heavy atom. The second kappa shape index (κ2) is 3.77. The molecule has 0 unspecified atom stereocenters. The third kappa shape index (κ3) is 2.39. The molecule has 0 aromatic heterocycles. The van der Waals surface area contributed by atoms with Crippen LogP contribution in [0.1, 0.15) is 38.5 Å². The summed E-state index contributed by atoms with van der Waals surface area (Å²) in [6.07, 6.45) is 9.01. The SMILES string of the molecule is [Sb][CH]1CCCCCC1. The average molecular weight is 219 g/mol. The summed E-state index contributed by atoms with van der Waals surface area (Å²) in [5.74, 6) is 0. The number of hydrogen-bond donors (Lipinski definition) is 0. The van der Waals surface area contributed by atoms with Crippen LogP contribution in [-0.4, -0.2) is 23.0 Å². The average Bonchev–Trinajstić information content (AvgIpc) is 1.94. The van der Waals surface area contributed by atoms with E-state index < -0.39 is 0 Å². The Morgan fingerprint density at radius 1 is 0.875 bits per heavy atom. The van der Waals surface area contributed by atoms with Crippen LogP contribution in [0.3, 0.4) is 0 Å². The Balaban J connectivity index is 2.17. The molecule has 1 rings (SSSR count). The van der Waals surface area contributed by atoms with Gasteiger partial charge in [-0.3, -0.25) is 0 Å². The van der Waals surface area contributed by atoms with Crippen LogP contribution in [0.4, 0.5) is 0 Å². The van der Waals surface area contributed by atoms with E-state index in [2.05, 4.69) is 0 Å². The molecule has 46 valence electrons. The van der Waals surface area contributed by atoms with Crippen LogP contribution < -0.4 is 0 Å². The van der Waals surface area contributed by atoms with Crippen LogP contribution in [0.2, 0.25) is 3.86 Å². The molecule has 0 aromatic carbocycles. The molecule has 1 heteroatoms. The third-order valence-corrected chi connectivity index (χ3v) is 3.30. The first-order valence-electron chi connectivity index (χ1n) is 3.57. The first-order valence-corrected chi connectivity index (χ1v) is 5.05. The molecule has 0 spiro atoms. The van der Waals surface area contributed by atoms with Gasteiger partial charge in [0.05, 0.1) is 0 Å². The Kier molecular flexibility index (Phi) is 3.27. The summed E-state index contributed by atoms with van der Waals surface area (Å²) in [7, 11) is 0. The summed E-state index contributed by atoms with van der Waals surface area (Å²) in [4.78, 5) is 0. The number of rotatable bonds is 0. The molecule has 8 heavy (non-hydrogen) atoms. The molecule has 1 aliphatic rings. The van der Waals surface area contributed by atoms with E-state index in [9.17, 15) is 0 Å². The van der Waals surface area contributed by atoms with Crippen molar-refractivity contribution in [3.8, 4) is 0 Å². The van der Waals surface area contributed by atoms with E-state index in [-0.39, 0.29) is 0 Å². The van der Waals surface area contributed by atoms with E-state index in [0.29, 0.717) is 0 Å². The molecular weight excluding hydrogens is 206 g/mol. The van der Waals surface area contributed by atoms with Gasteiger partial charge in [0, 0.05) is 0 Å². The van der Waals surface area contributed by atoms with Crippen molar-refractivity contribution in [3.63, 3.8) is 0 Å². The van der Waals surface area contributed by atoms with Crippen molar-refractivity contribution in [2.45, 2.75) is 42.4 Å². The fourth-order valence-electron chi connectivity index (χ4n) is 1.26. The molecule has 0 atom stereocenters. The van der Waals surface area contributed by atoms with Crippen LogP contribution in [0.25, 0.3) is 0 Å². The molecule has 0 nitrogen and oxygen atoms in total. The summed E-state index contributed by atoms with van der Waals surface area (Å²) >= 11 is 2.04. The van der Waals surface area contributed by atoms with Gasteiger partial charge in [-0.1, -0.05) is 0 Å². The molecule has 2 radical (unpaired) electrons. The van der Waals surface area contributed by atoms with Crippen molar-refractivity contribution in [3.05, 3.63) is 0 Å². The number of hydrogen-bond acceptors (Lipinski definition) is 0. The van der Waals surface area contributed by atoms with E-state index in [1.165, 1.54) is 38.5 Å². The van der Waals surface area contributed by atoms with Gasteiger partial charge in [-0.2, -0.15) is 0 Å². The molecule has 0 bridgehead atoms. The van der Waals surface area contributed by atoms with Gasteiger partial charge in [0.15, 0.2) is 0 Å². The zero-order valence-electron chi connectivity index (χ0n) is 5.27. The Morgan fingerprint density at radius 3 is 1.88 bits per heavy atom. The maximum atomic E-state index is 2.04. The summed E-state index contributed by atoms with van der Waals surface area (Å²) in [6, 6.07) is 0. The molecule has 1 fully saturated rings. The van der Waals surface area contributed by atoms with E-state index in [1.54, 1.807) is 0 Å². The van der Waals surface area contributed by atoms with Gasteiger partial charge in [-0.15, -0.1) is 0 Å². The zero-order valence-corrected chi connectivity index (χ0v) is 7.82. The van der Waals surface area contributed by atoms with Crippen molar-refractivity contribution in [1.82, 2.24) is 0 Å². The molecule has 1 saturated carbocycles. The molecule has 0 amide bonds. The van der Waals surface area contributed by atoms with E-state index in [4.69, 9.17) is 0 Å². The Hall–Kier alpha value is 0.818. The molecule has 0 saturated heterocycles. The van der Waals surface area contributed by atoms with Gasteiger partial charge in [0.2, 0.25) is 0 Å². The van der Waals surface area contributed by atoms with Gasteiger partial charge in [0.1, 0.15) is 0 Å². The zero-order chi connectivity index (χ0) is 5.82. The van der Waals surface area contributed by atoms with Gasteiger partial charge < -0.3 is 0 Å². The molecular formula is C7H13Sb. The van der Waals surface area contributed by atoms with Crippen molar-refractivity contribution in [2.24, 2.45) is 0 Å². The van der Waals surface area contributed by atoms with Crippen molar-refractivity contribution in [1.29, 1.82) is 0 Å². The fourth-order valence-corrected chi connectivity index (χ4v) is 2.30. The van der Waals surface area contributed by atoms with E-state index >= 15 is 0 Å². The molecule has 0 N–H and O–H groups in total. The van der Waals surface area contributed by atoms with Crippen LogP contribution in [-0.2, 0) is 0 Å². The van der Waals surface area contributed by atoms with Gasteiger partial charge >= 0.3 is 65.4 Å². The fraction of sp³-hybridized carbons (Fsp3) is 1.00. The predicted octanol–water partition coefficient (Wildman–Crippen LogP) is 2.30. The molecule has 0 aliphatic heterocycles. The Bertz CT molecular complexity index is 53.4. The molecule has 0 heterocycles. The first-order chi connectivity index (χ1) is 3.89. The molecule has 0 aromatic rings. The van der Waals surface area contributed by atoms with Gasteiger partial charge in [-0.05, 0) is 0 Å². The summed E-state index contributed by atoms with van der Waals surface area (Å²) in [5.41, 5.74) is 0. The second-order valence-corrected chi connectivity index (χ2v) is 4.73. The van der Waals surface area contributed by atoms with Crippen LogP contribution >= 0.6 is 0 Å². The standard InChI is InChI=1S/C7H13.Sb/c1-2-4-6-7-5-3-1;/h1H,2-7H2;. The quantitative estimate of drug-likeness (QED) is 0.433. The topological polar surface area (TPSA) is 0 Å². The first kappa shape index (κ1) is 6.93. The van der Waals surface area contributed by atoms with Crippen molar-refractivity contribution < 1.29 is 0 Å². The van der Waals surface area contributed by atoms with Crippen molar-refractivity contribution in [2.75, 3.05) is 0 Å². The van der Waals surface area contributed by atoms with Crippen LogP contribution in [0.5, 0.6) is 0 Å². The van der Waals surface area contributed by atoms with Crippen LogP contribution in [0, 0.1) is 0 Å².